The molecule has 0 radical (unpaired) electrons. The number of nitrogens with zero attached hydrogens (tertiary/aromatic N) is 1. The van der Waals surface area contributed by atoms with Gasteiger partial charge in [-0.15, -0.1) is 0 Å². The van der Waals surface area contributed by atoms with E-state index in [1.807, 2.05) is 30.3 Å². The molecule has 4 unspecified atom stereocenters. The van der Waals surface area contributed by atoms with Gasteiger partial charge in [0, 0.05) is 17.5 Å². The predicted octanol–water partition coefficient (Wildman–Crippen LogP) is 4.31. The highest BCUT2D eigenvalue weighted by molar-refractivity contribution is 6.30. The monoisotopic (exact) mass is 484 g/mol. The Kier molecular flexibility index (Phi) is 7.28. The second-order valence-corrected chi connectivity index (χ2v) is 10.2. The van der Waals surface area contributed by atoms with Gasteiger partial charge in [0.1, 0.15) is 19.3 Å². The summed E-state index contributed by atoms with van der Waals surface area (Å²) in [5, 5.41) is 15.3. The normalized spacial score (nSPS) is 24.1. The predicted molar refractivity (Wildman–Crippen MR) is 132 cm³/mol. The number of aliphatic hydroxyl groups excluding tert-OH is 1. The zero-order chi connectivity index (χ0) is 23.5. The summed E-state index contributed by atoms with van der Waals surface area (Å²) in [6.45, 7) is 3.66. The molecule has 6 nitrogen and oxygen atoms in total. The van der Waals surface area contributed by atoms with Crippen LogP contribution in [-0.2, 0) is 4.79 Å². The first-order valence-electron chi connectivity index (χ1n) is 12.4. The van der Waals surface area contributed by atoms with Gasteiger partial charge in [0.05, 0.1) is 6.04 Å². The highest BCUT2D eigenvalue weighted by atomic mass is 35.5. The number of fused-ring (bicyclic) bond motifs is 1. The molecule has 2 N–H and O–H groups in total. The lowest BCUT2D eigenvalue weighted by Gasteiger charge is -2.30. The summed E-state index contributed by atoms with van der Waals surface area (Å²) >= 11 is 6.04. The molecule has 182 valence electrons. The zero-order valence-corrected chi connectivity index (χ0v) is 20.2. The molecule has 2 aliphatic heterocycles. The standard InChI is InChI=1S/C27H33ClN2O4/c28-22-8-5-18(6-9-22)19-3-4-21(15-19)27(32)29-23(17-30-11-1-2-12-30)26(31)20-7-10-24-25(16-20)34-14-13-33-24/h5-10,16,19,21,23,26,31H,1-4,11-15,17H2,(H,29,32). The molecule has 0 aromatic heterocycles. The minimum Gasteiger partial charge on any atom is -0.486 e. The van der Waals surface area contributed by atoms with E-state index in [1.165, 1.54) is 5.56 Å². The van der Waals surface area contributed by atoms with Crippen LogP contribution in [-0.4, -0.2) is 54.8 Å². The fourth-order valence-corrected chi connectivity index (χ4v) is 5.63. The third kappa shape index (κ3) is 5.35. The first kappa shape index (κ1) is 23.5. The third-order valence-electron chi connectivity index (χ3n) is 7.41. The Morgan fingerprint density at radius 1 is 1.06 bits per heavy atom. The second-order valence-electron chi connectivity index (χ2n) is 9.73. The van der Waals surface area contributed by atoms with Gasteiger partial charge in [-0.25, -0.2) is 0 Å². The van der Waals surface area contributed by atoms with Crippen molar-refractivity contribution in [2.75, 3.05) is 32.8 Å². The molecule has 0 spiro atoms. The molecule has 1 amide bonds. The molecule has 2 aromatic rings. The maximum atomic E-state index is 13.3. The molecule has 2 fully saturated rings. The quantitative estimate of drug-likeness (QED) is 0.612. The van der Waals surface area contributed by atoms with Crippen molar-refractivity contribution in [1.82, 2.24) is 10.2 Å². The number of benzene rings is 2. The van der Waals surface area contributed by atoms with Crippen molar-refractivity contribution < 1.29 is 19.4 Å². The van der Waals surface area contributed by atoms with Crippen LogP contribution in [0.25, 0.3) is 0 Å². The number of hydrogen-bond acceptors (Lipinski definition) is 5. The lowest BCUT2D eigenvalue weighted by molar-refractivity contribution is -0.126. The fraction of sp³-hybridized carbons (Fsp3) is 0.519. The lowest BCUT2D eigenvalue weighted by atomic mass is 9.95. The van der Waals surface area contributed by atoms with Crippen molar-refractivity contribution in [3.05, 3.63) is 58.6 Å². The molecule has 1 aliphatic carbocycles. The zero-order valence-electron chi connectivity index (χ0n) is 19.4. The number of carbonyl (C=O) groups is 1. The number of amides is 1. The van der Waals surface area contributed by atoms with E-state index in [-0.39, 0.29) is 17.9 Å². The van der Waals surface area contributed by atoms with Gasteiger partial charge in [-0.05, 0) is 86.5 Å². The first-order chi connectivity index (χ1) is 16.6. The Morgan fingerprint density at radius 2 is 1.79 bits per heavy atom. The van der Waals surface area contributed by atoms with E-state index < -0.39 is 6.10 Å². The number of likely N-dealkylation sites (tertiary alicyclic amines) is 1. The molecule has 4 atom stereocenters. The number of ether oxygens (including phenoxy) is 2. The lowest BCUT2D eigenvalue weighted by Crippen LogP contribution is -2.48. The van der Waals surface area contributed by atoms with E-state index >= 15 is 0 Å². The number of nitrogens with one attached hydrogen (secondary N) is 1. The molecule has 7 heteroatoms. The van der Waals surface area contributed by atoms with Gasteiger partial charge in [-0.2, -0.15) is 0 Å². The van der Waals surface area contributed by atoms with Crippen molar-refractivity contribution in [3.63, 3.8) is 0 Å². The van der Waals surface area contributed by atoms with Crippen molar-refractivity contribution in [1.29, 1.82) is 0 Å². The SMILES string of the molecule is O=C(NC(CN1CCCC1)C(O)c1ccc2c(c1)OCCO2)C1CCC(c2ccc(Cl)cc2)C1. The highest BCUT2D eigenvalue weighted by Crippen LogP contribution is 2.39. The molecule has 1 saturated heterocycles. The summed E-state index contributed by atoms with van der Waals surface area (Å²) in [4.78, 5) is 15.7. The Morgan fingerprint density at radius 3 is 2.56 bits per heavy atom. The van der Waals surface area contributed by atoms with E-state index in [2.05, 4.69) is 22.3 Å². The van der Waals surface area contributed by atoms with E-state index in [4.69, 9.17) is 21.1 Å². The van der Waals surface area contributed by atoms with Crippen LogP contribution in [0.3, 0.4) is 0 Å². The number of halogens is 1. The minimum atomic E-state index is -0.825. The summed E-state index contributed by atoms with van der Waals surface area (Å²) in [7, 11) is 0. The summed E-state index contributed by atoms with van der Waals surface area (Å²) < 4.78 is 11.3. The average Bonchev–Trinajstić information content (AvgIpc) is 3.56. The Hall–Kier alpha value is -2.28. The van der Waals surface area contributed by atoms with Crippen LogP contribution >= 0.6 is 11.6 Å². The largest absolute Gasteiger partial charge is 0.486 e. The molecule has 34 heavy (non-hydrogen) atoms. The van der Waals surface area contributed by atoms with Gasteiger partial charge in [-0.1, -0.05) is 29.8 Å². The summed E-state index contributed by atoms with van der Waals surface area (Å²) in [5.74, 6) is 1.71. The van der Waals surface area contributed by atoms with E-state index in [9.17, 15) is 9.90 Å². The number of aliphatic hydroxyl groups is 1. The van der Waals surface area contributed by atoms with Crippen molar-refractivity contribution in [2.24, 2.45) is 5.92 Å². The van der Waals surface area contributed by atoms with Gasteiger partial charge in [0.15, 0.2) is 11.5 Å². The average molecular weight is 485 g/mol. The molecule has 0 bridgehead atoms. The van der Waals surface area contributed by atoms with E-state index in [1.54, 1.807) is 0 Å². The van der Waals surface area contributed by atoms with Gasteiger partial charge in [0.2, 0.25) is 5.91 Å². The Labute approximate surface area is 206 Å². The van der Waals surface area contributed by atoms with Crippen molar-refractivity contribution >= 4 is 17.5 Å². The van der Waals surface area contributed by atoms with Gasteiger partial charge in [0.25, 0.3) is 0 Å². The van der Waals surface area contributed by atoms with Crippen LogP contribution < -0.4 is 14.8 Å². The van der Waals surface area contributed by atoms with Crippen LogP contribution in [0.2, 0.25) is 5.02 Å². The van der Waals surface area contributed by atoms with E-state index in [0.717, 1.165) is 55.8 Å². The molecule has 2 aromatic carbocycles. The third-order valence-corrected chi connectivity index (χ3v) is 7.67. The maximum absolute atomic E-state index is 13.3. The van der Waals surface area contributed by atoms with Crippen LogP contribution in [0.5, 0.6) is 11.5 Å². The number of hydrogen-bond donors (Lipinski definition) is 2. The van der Waals surface area contributed by atoms with Gasteiger partial charge >= 0.3 is 0 Å². The highest BCUT2D eigenvalue weighted by Gasteiger charge is 2.34. The van der Waals surface area contributed by atoms with Gasteiger partial charge in [-0.3, -0.25) is 4.79 Å². The Bertz CT molecular complexity index is 993. The minimum absolute atomic E-state index is 0.0391. The number of rotatable bonds is 7. The summed E-state index contributed by atoms with van der Waals surface area (Å²) in [6.07, 6.45) is 4.16. The Balaban J connectivity index is 1.28. The molecule has 5 rings (SSSR count). The molecular formula is C27H33ClN2O4. The molecule has 1 saturated carbocycles. The van der Waals surface area contributed by atoms with Gasteiger partial charge < -0.3 is 24.8 Å². The van der Waals surface area contributed by atoms with Crippen LogP contribution in [0.1, 0.15) is 55.3 Å². The molecular weight excluding hydrogens is 452 g/mol. The fourth-order valence-electron chi connectivity index (χ4n) is 5.50. The maximum Gasteiger partial charge on any atom is 0.223 e. The van der Waals surface area contributed by atoms with Crippen LogP contribution in [0.4, 0.5) is 0 Å². The van der Waals surface area contributed by atoms with E-state index in [0.29, 0.717) is 37.2 Å². The second kappa shape index (κ2) is 10.5. The topological polar surface area (TPSA) is 71.0 Å². The smallest absolute Gasteiger partial charge is 0.223 e. The van der Waals surface area contributed by atoms with Crippen molar-refractivity contribution in [3.8, 4) is 11.5 Å². The first-order valence-corrected chi connectivity index (χ1v) is 12.8. The summed E-state index contributed by atoms with van der Waals surface area (Å²) in [6, 6.07) is 13.1. The van der Waals surface area contributed by atoms with Crippen LogP contribution in [0, 0.1) is 5.92 Å². The van der Waals surface area contributed by atoms with Crippen LogP contribution in [0.15, 0.2) is 42.5 Å². The molecule has 3 aliphatic rings. The van der Waals surface area contributed by atoms with Crippen molar-refractivity contribution in [2.45, 2.75) is 50.2 Å². The molecule has 2 heterocycles. The number of carbonyl (C=O) groups excluding carboxylic acids is 1. The summed E-state index contributed by atoms with van der Waals surface area (Å²) in [5.41, 5.74) is 1.98.